The molecule has 3 heterocycles. The SMILES string of the molecule is CC[C@@H](NC(=O)NCc1csc(-c2ccco2)n1)[C@@H]1CCCO1. The van der Waals surface area contributed by atoms with Crippen LogP contribution in [0.15, 0.2) is 28.2 Å². The Morgan fingerprint density at radius 2 is 2.48 bits per heavy atom. The van der Waals surface area contributed by atoms with E-state index < -0.39 is 0 Å². The molecule has 1 fully saturated rings. The highest BCUT2D eigenvalue weighted by Crippen LogP contribution is 2.23. The summed E-state index contributed by atoms with van der Waals surface area (Å²) in [4.78, 5) is 16.5. The first kappa shape index (κ1) is 16.0. The molecular weight excluding hydrogens is 314 g/mol. The Hall–Kier alpha value is -1.86. The molecule has 0 saturated carbocycles. The molecule has 23 heavy (non-hydrogen) atoms. The zero-order valence-corrected chi connectivity index (χ0v) is 13.9. The molecule has 0 spiro atoms. The van der Waals surface area contributed by atoms with Gasteiger partial charge in [0.15, 0.2) is 10.8 Å². The molecule has 0 bridgehead atoms. The smallest absolute Gasteiger partial charge is 0.315 e. The van der Waals surface area contributed by atoms with E-state index in [1.165, 1.54) is 11.3 Å². The summed E-state index contributed by atoms with van der Waals surface area (Å²) in [5.41, 5.74) is 0.821. The summed E-state index contributed by atoms with van der Waals surface area (Å²) in [5, 5.41) is 8.59. The van der Waals surface area contributed by atoms with E-state index in [-0.39, 0.29) is 18.2 Å². The lowest BCUT2D eigenvalue weighted by Crippen LogP contribution is -2.47. The Balaban J connectivity index is 1.48. The van der Waals surface area contributed by atoms with Gasteiger partial charge in [0.05, 0.1) is 30.6 Å². The molecule has 2 aromatic rings. The minimum absolute atomic E-state index is 0.0617. The van der Waals surface area contributed by atoms with E-state index in [0.29, 0.717) is 6.54 Å². The highest BCUT2D eigenvalue weighted by molar-refractivity contribution is 7.13. The van der Waals surface area contributed by atoms with E-state index in [0.717, 1.165) is 42.3 Å². The summed E-state index contributed by atoms with van der Waals surface area (Å²) in [5.74, 6) is 0.745. The van der Waals surface area contributed by atoms with Gasteiger partial charge in [-0.2, -0.15) is 0 Å². The molecule has 7 heteroatoms. The summed E-state index contributed by atoms with van der Waals surface area (Å²) in [6.07, 6.45) is 4.70. The molecule has 0 aliphatic carbocycles. The number of nitrogens with one attached hydrogen (secondary N) is 2. The molecular formula is C16H21N3O3S. The van der Waals surface area contributed by atoms with Crippen LogP contribution in [0.3, 0.4) is 0 Å². The van der Waals surface area contributed by atoms with Gasteiger partial charge in [0.1, 0.15) is 0 Å². The average molecular weight is 335 g/mol. The lowest BCUT2D eigenvalue weighted by Gasteiger charge is -2.22. The highest BCUT2D eigenvalue weighted by atomic mass is 32.1. The summed E-state index contributed by atoms with van der Waals surface area (Å²) in [7, 11) is 0. The first-order valence-corrected chi connectivity index (χ1v) is 8.78. The molecule has 124 valence electrons. The minimum Gasteiger partial charge on any atom is -0.462 e. The van der Waals surface area contributed by atoms with Gasteiger partial charge in [-0.3, -0.25) is 0 Å². The zero-order valence-electron chi connectivity index (χ0n) is 13.1. The van der Waals surface area contributed by atoms with Crippen LogP contribution in [0.25, 0.3) is 10.8 Å². The number of thiazole rings is 1. The number of ether oxygens (including phenoxy) is 1. The second-order valence-corrected chi connectivity index (χ2v) is 6.37. The maximum atomic E-state index is 12.1. The number of carbonyl (C=O) groups excluding carboxylic acids is 1. The van der Waals surface area contributed by atoms with Crippen molar-refractivity contribution in [3.05, 3.63) is 29.5 Å². The molecule has 1 aliphatic rings. The third-order valence-electron chi connectivity index (χ3n) is 3.88. The summed E-state index contributed by atoms with van der Waals surface area (Å²) in [6, 6.07) is 3.58. The normalized spacial score (nSPS) is 18.7. The number of carbonyl (C=O) groups is 1. The Bertz CT molecular complexity index is 620. The summed E-state index contributed by atoms with van der Waals surface area (Å²) in [6.45, 7) is 3.24. The van der Waals surface area contributed by atoms with Gasteiger partial charge in [0.2, 0.25) is 0 Å². The topological polar surface area (TPSA) is 76.4 Å². The molecule has 2 amide bonds. The standard InChI is InChI=1S/C16H21N3O3S/c1-2-12(13-5-3-7-21-13)19-16(20)17-9-11-10-23-15(18-11)14-6-4-8-22-14/h4,6,8,10,12-13H,2-3,5,7,9H2,1H3,(H2,17,19,20)/t12-,13+/m1/s1. The van der Waals surface area contributed by atoms with Crippen LogP contribution in [-0.2, 0) is 11.3 Å². The van der Waals surface area contributed by atoms with E-state index >= 15 is 0 Å². The van der Waals surface area contributed by atoms with E-state index in [9.17, 15) is 4.79 Å². The second kappa shape index (κ2) is 7.61. The fraction of sp³-hybridized carbons (Fsp3) is 0.500. The van der Waals surface area contributed by atoms with Crippen LogP contribution in [0.5, 0.6) is 0 Å². The van der Waals surface area contributed by atoms with Crippen LogP contribution < -0.4 is 10.6 Å². The minimum atomic E-state index is -0.181. The van der Waals surface area contributed by atoms with Crippen LogP contribution in [0.4, 0.5) is 4.79 Å². The third kappa shape index (κ3) is 4.11. The third-order valence-corrected chi connectivity index (χ3v) is 4.79. The molecule has 6 nitrogen and oxygen atoms in total. The number of hydrogen-bond donors (Lipinski definition) is 2. The quantitative estimate of drug-likeness (QED) is 0.850. The van der Waals surface area contributed by atoms with E-state index in [1.54, 1.807) is 6.26 Å². The maximum Gasteiger partial charge on any atom is 0.315 e. The maximum absolute atomic E-state index is 12.1. The molecule has 3 rings (SSSR count). The summed E-state index contributed by atoms with van der Waals surface area (Å²) >= 11 is 1.50. The van der Waals surface area contributed by atoms with Crippen LogP contribution in [0.2, 0.25) is 0 Å². The highest BCUT2D eigenvalue weighted by Gasteiger charge is 2.25. The van der Waals surface area contributed by atoms with Gasteiger partial charge < -0.3 is 19.8 Å². The van der Waals surface area contributed by atoms with Crippen LogP contribution in [0.1, 0.15) is 31.9 Å². The van der Waals surface area contributed by atoms with Crippen molar-refractivity contribution in [2.75, 3.05) is 6.61 Å². The molecule has 2 atom stereocenters. The van der Waals surface area contributed by atoms with Gasteiger partial charge in [0, 0.05) is 12.0 Å². The number of aromatic nitrogens is 1. The number of urea groups is 1. The monoisotopic (exact) mass is 335 g/mol. The van der Waals surface area contributed by atoms with Gasteiger partial charge >= 0.3 is 6.03 Å². The van der Waals surface area contributed by atoms with Crippen molar-refractivity contribution in [3.63, 3.8) is 0 Å². The van der Waals surface area contributed by atoms with Gasteiger partial charge in [-0.05, 0) is 31.4 Å². The first-order valence-electron chi connectivity index (χ1n) is 7.90. The molecule has 0 aromatic carbocycles. The van der Waals surface area contributed by atoms with Gasteiger partial charge in [0.25, 0.3) is 0 Å². The van der Waals surface area contributed by atoms with Crippen molar-refractivity contribution in [2.45, 2.75) is 44.9 Å². The van der Waals surface area contributed by atoms with Crippen molar-refractivity contribution in [2.24, 2.45) is 0 Å². The number of amides is 2. The number of nitrogens with zero attached hydrogens (tertiary/aromatic N) is 1. The Morgan fingerprint density at radius 1 is 1.57 bits per heavy atom. The van der Waals surface area contributed by atoms with Crippen LogP contribution in [-0.4, -0.2) is 29.8 Å². The van der Waals surface area contributed by atoms with Crippen molar-refractivity contribution >= 4 is 17.4 Å². The average Bonchev–Trinajstić information content (AvgIpc) is 3.32. The Kier molecular flexibility index (Phi) is 5.30. The lowest BCUT2D eigenvalue weighted by atomic mass is 10.1. The van der Waals surface area contributed by atoms with E-state index in [4.69, 9.17) is 9.15 Å². The van der Waals surface area contributed by atoms with E-state index in [2.05, 4.69) is 22.5 Å². The fourth-order valence-corrected chi connectivity index (χ4v) is 3.46. The predicted molar refractivity (Wildman–Crippen MR) is 88.2 cm³/mol. The van der Waals surface area contributed by atoms with E-state index in [1.807, 2.05) is 17.5 Å². The molecule has 1 saturated heterocycles. The molecule has 2 N–H and O–H groups in total. The Labute approximate surface area is 139 Å². The lowest BCUT2D eigenvalue weighted by molar-refractivity contribution is 0.0796. The van der Waals surface area contributed by atoms with Gasteiger partial charge in [-0.25, -0.2) is 9.78 Å². The molecule has 0 unspecified atom stereocenters. The second-order valence-electron chi connectivity index (χ2n) is 5.51. The van der Waals surface area contributed by atoms with Crippen molar-refractivity contribution < 1.29 is 13.9 Å². The summed E-state index contributed by atoms with van der Waals surface area (Å²) < 4.78 is 11.0. The Morgan fingerprint density at radius 3 is 3.17 bits per heavy atom. The number of hydrogen-bond acceptors (Lipinski definition) is 5. The molecule has 1 aliphatic heterocycles. The molecule has 0 radical (unpaired) electrons. The van der Waals surface area contributed by atoms with Gasteiger partial charge in [-0.1, -0.05) is 6.92 Å². The molecule has 2 aromatic heterocycles. The van der Waals surface area contributed by atoms with Crippen molar-refractivity contribution in [1.82, 2.24) is 15.6 Å². The zero-order chi connectivity index (χ0) is 16.1. The van der Waals surface area contributed by atoms with Crippen LogP contribution in [0, 0.1) is 0 Å². The largest absolute Gasteiger partial charge is 0.462 e. The van der Waals surface area contributed by atoms with Crippen molar-refractivity contribution in [3.8, 4) is 10.8 Å². The van der Waals surface area contributed by atoms with Crippen molar-refractivity contribution in [1.29, 1.82) is 0 Å². The van der Waals surface area contributed by atoms with Crippen LogP contribution >= 0.6 is 11.3 Å². The first-order chi connectivity index (χ1) is 11.3. The number of rotatable bonds is 6. The predicted octanol–water partition coefficient (Wildman–Crippen LogP) is 3.16. The number of furan rings is 1. The fourth-order valence-electron chi connectivity index (χ4n) is 2.67. The van der Waals surface area contributed by atoms with Gasteiger partial charge in [-0.15, -0.1) is 11.3 Å².